The molecule has 156 valence electrons. The topological polar surface area (TPSA) is 97.5 Å². The summed E-state index contributed by atoms with van der Waals surface area (Å²) in [6.45, 7) is 6.72. The number of esters is 2. The van der Waals surface area contributed by atoms with Crippen molar-refractivity contribution in [1.82, 2.24) is 4.98 Å². The molecule has 30 heavy (non-hydrogen) atoms. The smallest absolute Gasteiger partial charge is 0.355 e. The van der Waals surface area contributed by atoms with E-state index in [4.69, 9.17) is 9.47 Å². The van der Waals surface area contributed by atoms with Crippen LogP contribution in [-0.4, -0.2) is 35.5 Å². The van der Waals surface area contributed by atoms with Crippen molar-refractivity contribution in [1.29, 1.82) is 0 Å². The van der Waals surface area contributed by atoms with Gasteiger partial charge in [0.25, 0.3) is 5.91 Å². The van der Waals surface area contributed by atoms with Gasteiger partial charge in [0, 0.05) is 16.8 Å². The number of aromatic nitrogens is 1. The lowest BCUT2D eigenvalue weighted by molar-refractivity contribution is -0.123. The van der Waals surface area contributed by atoms with Gasteiger partial charge in [-0.05, 0) is 44.7 Å². The summed E-state index contributed by atoms with van der Waals surface area (Å²) in [5.41, 5.74) is 1.97. The van der Waals surface area contributed by atoms with E-state index in [0.29, 0.717) is 16.9 Å². The third-order valence-corrected chi connectivity index (χ3v) is 4.82. The second-order valence-electron chi connectivity index (χ2n) is 6.91. The van der Waals surface area contributed by atoms with Gasteiger partial charge in [-0.1, -0.05) is 36.4 Å². The zero-order chi connectivity index (χ0) is 21.8. The normalized spacial score (nSPS) is 11.7. The number of carbonyl (C=O) groups is 3. The molecule has 0 spiro atoms. The van der Waals surface area contributed by atoms with Crippen molar-refractivity contribution in [2.45, 2.75) is 33.8 Å². The van der Waals surface area contributed by atoms with Gasteiger partial charge in [-0.2, -0.15) is 0 Å². The first-order chi connectivity index (χ1) is 14.3. The van der Waals surface area contributed by atoms with Crippen LogP contribution < -0.4 is 5.32 Å². The van der Waals surface area contributed by atoms with Crippen molar-refractivity contribution < 1.29 is 23.9 Å². The lowest BCUT2D eigenvalue weighted by atomic mass is 10.1. The number of amides is 1. The summed E-state index contributed by atoms with van der Waals surface area (Å²) in [5, 5.41) is 4.70. The van der Waals surface area contributed by atoms with Crippen LogP contribution in [0.4, 0.5) is 5.69 Å². The summed E-state index contributed by atoms with van der Waals surface area (Å²) in [6, 6.07) is 13.3. The number of rotatable bonds is 6. The number of aromatic amines is 1. The predicted molar refractivity (Wildman–Crippen MR) is 114 cm³/mol. The molecular weight excluding hydrogens is 384 g/mol. The van der Waals surface area contributed by atoms with E-state index < -0.39 is 23.9 Å². The second kappa shape index (κ2) is 8.82. The van der Waals surface area contributed by atoms with Gasteiger partial charge in [0.15, 0.2) is 6.10 Å². The maximum atomic E-state index is 12.7. The molecule has 0 fully saturated rings. The van der Waals surface area contributed by atoms with Crippen LogP contribution in [0.5, 0.6) is 0 Å². The largest absolute Gasteiger partial charge is 0.461 e. The lowest BCUT2D eigenvalue weighted by Crippen LogP contribution is -2.30. The second-order valence-corrected chi connectivity index (χ2v) is 6.91. The maximum Gasteiger partial charge on any atom is 0.355 e. The fourth-order valence-electron chi connectivity index (χ4n) is 3.31. The molecule has 0 aliphatic rings. The number of fused-ring (bicyclic) bond motifs is 1. The van der Waals surface area contributed by atoms with E-state index in [9.17, 15) is 14.4 Å². The Morgan fingerprint density at radius 3 is 2.47 bits per heavy atom. The number of anilines is 1. The minimum absolute atomic E-state index is 0.203. The monoisotopic (exact) mass is 408 g/mol. The highest BCUT2D eigenvalue weighted by atomic mass is 16.5. The van der Waals surface area contributed by atoms with Crippen molar-refractivity contribution in [3.8, 4) is 0 Å². The number of carbonyl (C=O) groups excluding carboxylic acids is 3. The summed E-state index contributed by atoms with van der Waals surface area (Å²) in [6.07, 6.45) is -1.03. The molecule has 1 heterocycles. The number of nitrogens with one attached hydrogen (secondary N) is 2. The van der Waals surface area contributed by atoms with Crippen LogP contribution in [0.1, 0.15) is 46.0 Å². The van der Waals surface area contributed by atoms with Crippen molar-refractivity contribution in [2.24, 2.45) is 0 Å². The summed E-state index contributed by atoms with van der Waals surface area (Å²) >= 11 is 0. The zero-order valence-electron chi connectivity index (χ0n) is 17.4. The van der Waals surface area contributed by atoms with Gasteiger partial charge in [-0.3, -0.25) is 4.79 Å². The highest BCUT2D eigenvalue weighted by Gasteiger charge is 2.26. The Balaban J connectivity index is 1.74. The molecule has 1 amide bonds. The first-order valence-electron chi connectivity index (χ1n) is 9.69. The molecule has 7 heteroatoms. The molecule has 0 unspecified atom stereocenters. The van der Waals surface area contributed by atoms with Crippen molar-refractivity contribution in [3.05, 3.63) is 65.0 Å². The third-order valence-electron chi connectivity index (χ3n) is 4.82. The Labute approximate surface area is 174 Å². The maximum absolute atomic E-state index is 12.7. The van der Waals surface area contributed by atoms with E-state index in [2.05, 4.69) is 10.3 Å². The third kappa shape index (κ3) is 4.20. The van der Waals surface area contributed by atoms with Crippen molar-refractivity contribution >= 4 is 34.3 Å². The molecule has 3 aromatic rings. The number of aryl methyl sites for hydroxylation is 1. The number of hydrogen-bond donors (Lipinski definition) is 2. The van der Waals surface area contributed by atoms with Crippen LogP contribution >= 0.6 is 0 Å². The molecule has 0 aliphatic carbocycles. The molecule has 0 radical (unpaired) electrons. The SMILES string of the molecule is CCOC(=O)c1[nH]c(C)c(C(=O)O[C@H](C)C(=O)Nc2cccc3ccccc23)c1C. The number of H-pyrrole nitrogens is 1. The minimum atomic E-state index is -1.03. The number of benzene rings is 2. The summed E-state index contributed by atoms with van der Waals surface area (Å²) in [4.78, 5) is 40.2. The fourth-order valence-corrected chi connectivity index (χ4v) is 3.31. The van der Waals surface area contributed by atoms with Crippen molar-refractivity contribution in [2.75, 3.05) is 11.9 Å². The van der Waals surface area contributed by atoms with Crippen LogP contribution in [0, 0.1) is 13.8 Å². The summed E-state index contributed by atoms with van der Waals surface area (Å²) in [7, 11) is 0. The van der Waals surface area contributed by atoms with Crippen LogP contribution in [0.25, 0.3) is 10.8 Å². The van der Waals surface area contributed by atoms with Gasteiger partial charge in [0.05, 0.1) is 12.2 Å². The molecule has 3 rings (SSSR count). The van der Waals surface area contributed by atoms with Crippen LogP contribution in [0.15, 0.2) is 42.5 Å². The average Bonchev–Trinajstić information content (AvgIpc) is 3.02. The Kier molecular flexibility index (Phi) is 6.20. The lowest BCUT2D eigenvalue weighted by Gasteiger charge is -2.15. The Bertz CT molecular complexity index is 1110. The standard InChI is InChI=1S/C23H24N2O5/c1-5-29-23(28)20-13(2)19(14(3)24-20)22(27)30-15(4)21(26)25-18-12-8-10-16-9-6-7-11-17(16)18/h6-12,15,24H,5H2,1-4H3,(H,25,26)/t15-/m1/s1. The van der Waals surface area contributed by atoms with E-state index in [1.165, 1.54) is 6.92 Å². The Morgan fingerprint density at radius 2 is 1.73 bits per heavy atom. The van der Waals surface area contributed by atoms with Crippen molar-refractivity contribution in [3.63, 3.8) is 0 Å². The number of ether oxygens (including phenoxy) is 2. The van der Waals surface area contributed by atoms with Crippen LogP contribution in [0.2, 0.25) is 0 Å². The summed E-state index contributed by atoms with van der Waals surface area (Å²) in [5.74, 6) is -1.67. The molecule has 2 N–H and O–H groups in total. The first-order valence-corrected chi connectivity index (χ1v) is 9.69. The predicted octanol–water partition coefficient (Wildman–Crippen LogP) is 4.15. The van der Waals surface area contributed by atoms with Gasteiger partial charge in [-0.15, -0.1) is 0 Å². The molecule has 0 saturated carbocycles. The van der Waals surface area contributed by atoms with E-state index in [-0.39, 0.29) is 17.9 Å². The minimum Gasteiger partial charge on any atom is -0.461 e. The van der Waals surface area contributed by atoms with Gasteiger partial charge >= 0.3 is 11.9 Å². The quantitative estimate of drug-likeness (QED) is 0.597. The molecule has 0 aliphatic heterocycles. The Morgan fingerprint density at radius 1 is 1.03 bits per heavy atom. The van der Waals surface area contributed by atoms with Gasteiger partial charge in [0.2, 0.25) is 0 Å². The van der Waals surface area contributed by atoms with E-state index in [0.717, 1.165) is 10.8 Å². The Hall–Kier alpha value is -3.61. The molecule has 7 nitrogen and oxygen atoms in total. The highest BCUT2D eigenvalue weighted by molar-refractivity contribution is 6.05. The fraction of sp³-hybridized carbons (Fsp3) is 0.261. The molecule has 1 aromatic heterocycles. The average molecular weight is 408 g/mol. The van der Waals surface area contributed by atoms with E-state index in [1.807, 2.05) is 36.4 Å². The molecular formula is C23H24N2O5. The van der Waals surface area contributed by atoms with Gasteiger partial charge in [0.1, 0.15) is 5.69 Å². The van der Waals surface area contributed by atoms with E-state index in [1.54, 1.807) is 26.8 Å². The van der Waals surface area contributed by atoms with Crippen LogP contribution in [-0.2, 0) is 14.3 Å². The molecule has 0 saturated heterocycles. The highest BCUT2D eigenvalue weighted by Crippen LogP contribution is 2.24. The van der Waals surface area contributed by atoms with E-state index >= 15 is 0 Å². The van der Waals surface area contributed by atoms with Crippen LogP contribution in [0.3, 0.4) is 0 Å². The molecule has 0 bridgehead atoms. The zero-order valence-corrected chi connectivity index (χ0v) is 17.4. The molecule has 1 atom stereocenters. The summed E-state index contributed by atoms with van der Waals surface area (Å²) < 4.78 is 10.4. The number of hydrogen-bond acceptors (Lipinski definition) is 5. The van der Waals surface area contributed by atoms with Gasteiger partial charge < -0.3 is 19.8 Å². The first kappa shape index (κ1) is 21.1. The molecule has 2 aromatic carbocycles. The van der Waals surface area contributed by atoms with Gasteiger partial charge in [-0.25, -0.2) is 9.59 Å².